The van der Waals surface area contributed by atoms with Gasteiger partial charge in [0, 0.05) is 0 Å². The summed E-state index contributed by atoms with van der Waals surface area (Å²) in [5.74, 6) is 0.799. The van der Waals surface area contributed by atoms with E-state index in [0.717, 1.165) is 32.1 Å². The second kappa shape index (κ2) is 8.68. The van der Waals surface area contributed by atoms with E-state index in [4.69, 9.17) is 19.7 Å². The summed E-state index contributed by atoms with van der Waals surface area (Å²) in [6, 6.07) is 0. The van der Waals surface area contributed by atoms with Crippen LogP contribution < -0.4 is 0 Å². The van der Waals surface area contributed by atoms with E-state index < -0.39 is 17.4 Å². The Morgan fingerprint density at radius 3 is 2.65 bits per heavy atom. The van der Waals surface area contributed by atoms with Gasteiger partial charge in [0.25, 0.3) is 0 Å². The molecule has 2 aliphatic rings. The van der Waals surface area contributed by atoms with Crippen molar-refractivity contribution in [2.24, 2.45) is 0 Å². The normalized spacial score (nSPS) is 22.9. The van der Waals surface area contributed by atoms with E-state index in [0.29, 0.717) is 5.71 Å². The molecule has 0 spiro atoms. The SMILES string of the molecule is COC1=CC(=[N+]=[N-])C(OC)C=[C]1[Zn][N]1CCOCC1.Cl. The third-order valence-electron chi connectivity index (χ3n) is 3.33. The standard InChI is InChI=1S/C8H9N2O2.C4H8NO.ClH.Zn/c1-11-6-3-4-8(12-2)7(5-6)10-9;1-3-6-4-2-5-1;;/h4-5,8H,1-2H3;1-4H2;1H;/q;-1;;+1. The predicted molar refractivity (Wildman–Crippen MR) is 72.2 cm³/mol. The van der Waals surface area contributed by atoms with Crippen LogP contribution in [0.4, 0.5) is 0 Å². The van der Waals surface area contributed by atoms with Gasteiger partial charge in [-0.3, -0.25) is 0 Å². The van der Waals surface area contributed by atoms with Gasteiger partial charge in [0.1, 0.15) is 0 Å². The minimum atomic E-state index is -1.09. The summed E-state index contributed by atoms with van der Waals surface area (Å²) >= 11 is -1.09. The molecule has 0 aromatic heterocycles. The van der Waals surface area contributed by atoms with Crippen molar-refractivity contribution in [1.82, 2.24) is 3.64 Å². The zero-order valence-corrected chi connectivity index (χ0v) is 15.5. The third kappa shape index (κ3) is 4.22. The molecule has 0 amide bonds. The predicted octanol–water partition coefficient (Wildman–Crippen LogP) is 0.851. The molecule has 6 nitrogen and oxygen atoms in total. The van der Waals surface area contributed by atoms with Crippen molar-refractivity contribution >= 4 is 18.1 Å². The summed E-state index contributed by atoms with van der Waals surface area (Å²) in [5.41, 5.74) is 9.46. The molecule has 0 bridgehead atoms. The van der Waals surface area contributed by atoms with Gasteiger partial charge >= 0.3 is 120 Å². The van der Waals surface area contributed by atoms with E-state index in [-0.39, 0.29) is 18.5 Å². The van der Waals surface area contributed by atoms with Gasteiger partial charge in [0.15, 0.2) is 0 Å². The fraction of sp³-hybridized carbons (Fsp3) is 0.583. The number of allylic oxidation sites excluding steroid dienone is 1. The number of nitrogens with zero attached hydrogens (tertiary/aromatic N) is 3. The van der Waals surface area contributed by atoms with E-state index in [1.165, 1.54) is 4.17 Å². The first-order valence-corrected chi connectivity index (χ1v) is 9.11. The number of rotatable bonds is 4. The molecule has 0 aromatic carbocycles. The maximum Gasteiger partial charge on any atom is -0.147 e. The van der Waals surface area contributed by atoms with Gasteiger partial charge in [-0.1, -0.05) is 0 Å². The molecule has 1 heterocycles. The fourth-order valence-electron chi connectivity index (χ4n) is 2.25. The van der Waals surface area contributed by atoms with Crippen molar-refractivity contribution < 1.29 is 36.4 Å². The van der Waals surface area contributed by atoms with Crippen LogP contribution in [-0.2, 0) is 31.6 Å². The number of hydrogen-bond acceptors (Lipinski definition) is 4. The molecule has 0 radical (unpaired) electrons. The smallest absolute Gasteiger partial charge is 0.147 e. The monoisotopic (exact) mass is 351 g/mol. The topological polar surface area (TPSA) is 67.3 Å². The molecule has 0 aromatic rings. The van der Waals surface area contributed by atoms with Crippen molar-refractivity contribution in [3.05, 3.63) is 27.6 Å². The maximum atomic E-state index is 8.98. The molecule has 20 heavy (non-hydrogen) atoms. The molecule has 108 valence electrons. The molecule has 1 aliphatic heterocycles. The Kier molecular flexibility index (Phi) is 7.59. The van der Waals surface area contributed by atoms with Gasteiger partial charge in [-0.15, -0.1) is 12.4 Å². The fourth-order valence-corrected chi connectivity index (χ4v) is 5.99. The molecule has 1 atom stereocenters. The first kappa shape index (κ1) is 17.5. The van der Waals surface area contributed by atoms with Gasteiger partial charge < -0.3 is 0 Å². The van der Waals surface area contributed by atoms with Crippen LogP contribution in [0.15, 0.2) is 22.1 Å². The Morgan fingerprint density at radius 1 is 1.40 bits per heavy atom. The van der Waals surface area contributed by atoms with Crippen molar-refractivity contribution in [1.29, 1.82) is 0 Å². The average molecular weight is 353 g/mol. The van der Waals surface area contributed by atoms with Crippen LogP contribution >= 0.6 is 12.4 Å². The number of halogens is 1. The second-order valence-corrected chi connectivity index (χ2v) is 8.61. The molecule has 1 unspecified atom stereocenters. The minimum absolute atomic E-state index is 0. The summed E-state index contributed by atoms with van der Waals surface area (Å²) in [7, 11) is 3.25. The third-order valence-corrected chi connectivity index (χ3v) is 7.53. The molecule has 2 rings (SSSR count). The number of methoxy groups -OCH3 is 2. The summed E-state index contributed by atoms with van der Waals surface area (Å²) in [6.07, 6.45) is 3.49. The van der Waals surface area contributed by atoms with Gasteiger partial charge in [0.05, 0.1) is 0 Å². The van der Waals surface area contributed by atoms with Gasteiger partial charge in [-0.2, -0.15) is 0 Å². The average Bonchev–Trinajstić information content (AvgIpc) is 2.47. The molecule has 1 fully saturated rings. The van der Waals surface area contributed by atoms with Crippen LogP contribution in [0.2, 0.25) is 0 Å². The minimum Gasteiger partial charge on any atom is -0.147 e. The molecule has 8 heteroatoms. The summed E-state index contributed by atoms with van der Waals surface area (Å²) < 4.78 is 19.8. The quantitative estimate of drug-likeness (QED) is 0.427. The zero-order valence-electron chi connectivity index (χ0n) is 11.7. The van der Waals surface area contributed by atoms with Crippen molar-refractivity contribution in [3.8, 4) is 0 Å². The number of ether oxygens (including phenoxy) is 3. The van der Waals surface area contributed by atoms with Crippen molar-refractivity contribution in [3.63, 3.8) is 0 Å². The molecule has 1 aliphatic carbocycles. The summed E-state index contributed by atoms with van der Waals surface area (Å²) in [5, 5.41) is 0. The Hall–Kier alpha value is -0.547. The zero-order chi connectivity index (χ0) is 13.7. The number of morpholine rings is 1. The Bertz CT molecular complexity index is 443. The first-order chi connectivity index (χ1) is 9.28. The van der Waals surface area contributed by atoms with E-state index in [2.05, 4.69) is 8.43 Å². The molecule has 0 saturated carbocycles. The largest absolute Gasteiger partial charge is 0.147 e. The Labute approximate surface area is 132 Å². The van der Waals surface area contributed by atoms with Crippen LogP contribution in [-0.4, -0.2) is 60.8 Å². The summed E-state index contributed by atoms with van der Waals surface area (Å²) in [4.78, 5) is 3.26. The van der Waals surface area contributed by atoms with Crippen molar-refractivity contribution in [2.75, 3.05) is 40.5 Å². The van der Waals surface area contributed by atoms with E-state index in [1.807, 2.05) is 6.08 Å². The maximum absolute atomic E-state index is 8.98. The van der Waals surface area contributed by atoms with Gasteiger partial charge in [-0.05, 0) is 0 Å². The van der Waals surface area contributed by atoms with Gasteiger partial charge in [-0.25, -0.2) is 0 Å². The Balaban J connectivity index is 0.00000200. The van der Waals surface area contributed by atoms with Crippen LogP contribution in [0, 0.1) is 0 Å². The van der Waals surface area contributed by atoms with E-state index in [1.54, 1.807) is 20.3 Å². The number of hydrogen-bond donors (Lipinski definition) is 0. The molecular weight excluding hydrogens is 335 g/mol. The summed E-state index contributed by atoms with van der Waals surface area (Å²) in [6.45, 7) is 3.60. The molecule has 1 saturated heterocycles. The van der Waals surface area contributed by atoms with Crippen LogP contribution in [0.25, 0.3) is 5.53 Å². The van der Waals surface area contributed by atoms with Crippen LogP contribution in [0.5, 0.6) is 0 Å². The van der Waals surface area contributed by atoms with E-state index >= 15 is 0 Å². The molecule has 0 N–H and O–H groups in total. The first-order valence-electron chi connectivity index (χ1n) is 6.30. The Morgan fingerprint density at radius 2 is 2.10 bits per heavy atom. The van der Waals surface area contributed by atoms with Crippen LogP contribution in [0.3, 0.4) is 0 Å². The molecular formula is C12H18ClN3O3Zn. The second-order valence-electron chi connectivity index (χ2n) is 4.47. The van der Waals surface area contributed by atoms with E-state index in [9.17, 15) is 0 Å². The van der Waals surface area contributed by atoms with Gasteiger partial charge in [0.2, 0.25) is 0 Å². The van der Waals surface area contributed by atoms with Crippen LogP contribution in [0.1, 0.15) is 0 Å². The van der Waals surface area contributed by atoms with Crippen molar-refractivity contribution in [2.45, 2.75) is 6.10 Å².